The zero-order chi connectivity index (χ0) is 22.5. The summed E-state index contributed by atoms with van der Waals surface area (Å²) in [5.41, 5.74) is 1.82. The van der Waals surface area contributed by atoms with Gasteiger partial charge in [-0.15, -0.1) is 0 Å². The van der Waals surface area contributed by atoms with Gasteiger partial charge in [-0.25, -0.2) is 18.4 Å². The Bertz CT molecular complexity index is 943. The van der Waals surface area contributed by atoms with E-state index < -0.39 is 29.7 Å². The molecule has 0 saturated carbocycles. The summed E-state index contributed by atoms with van der Waals surface area (Å²) < 4.78 is 42.6. The summed E-state index contributed by atoms with van der Waals surface area (Å²) in [6, 6.07) is 7.39. The van der Waals surface area contributed by atoms with E-state index in [0.29, 0.717) is 23.3 Å². The normalized spacial score (nSPS) is 15.4. The first-order chi connectivity index (χ1) is 14.8. The highest BCUT2D eigenvalue weighted by Crippen LogP contribution is 2.34. The molecule has 1 unspecified atom stereocenters. The van der Waals surface area contributed by atoms with E-state index in [1.165, 1.54) is 24.1 Å². The number of rotatable bonds is 6. The smallest absolute Gasteiger partial charge is 0.410 e. The summed E-state index contributed by atoms with van der Waals surface area (Å²) >= 11 is 0. The molecule has 0 bridgehead atoms. The van der Waals surface area contributed by atoms with Gasteiger partial charge in [0.25, 0.3) is 0 Å². The van der Waals surface area contributed by atoms with Crippen LogP contribution in [0.3, 0.4) is 0 Å². The molecule has 31 heavy (non-hydrogen) atoms. The molecular weight excluding hydrogens is 408 g/mol. The number of benzene rings is 2. The van der Waals surface area contributed by atoms with E-state index in [0.717, 1.165) is 11.6 Å². The standard InChI is InChI=1S/C23H25F2NO5/c1-14(2)12-31-23(28)26-7-6-16-10-19(4-5-20(16)21(26)22(27)29-3)30-13-15-8-17(24)11-18(25)9-15/h4-5,8-11,14,21H,6-7,12-13H2,1-3H3. The Morgan fingerprint density at radius 3 is 2.48 bits per heavy atom. The van der Waals surface area contributed by atoms with Gasteiger partial charge in [-0.3, -0.25) is 4.90 Å². The van der Waals surface area contributed by atoms with Crippen molar-refractivity contribution in [3.8, 4) is 5.75 Å². The van der Waals surface area contributed by atoms with Crippen molar-refractivity contribution in [3.05, 3.63) is 64.7 Å². The lowest BCUT2D eigenvalue weighted by molar-refractivity contribution is -0.147. The lowest BCUT2D eigenvalue weighted by Gasteiger charge is -2.35. The number of carbonyl (C=O) groups excluding carboxylic acids is 2. The number of ether oxygens (including phenoxy) is 3. The third-order valence-electron chi connectivity index (χ3n) is 4.87. The Balaban J connectivity index is 1.78. The molecule has 0 N–H and O–H groups in total. The van der Waals surface area contributed by atoms with Crippen molar-refractivity contribution in [3.63, 3.8) is 0 Å². The number of fused-ring (bicyclic) bond motifs is 1. The third kappa shape index (κ3) is 5.51. The van der Waals surface area contributed by atoms with Crippen LogP contribution in [0.2, 0.25) is 0 Å². The van der Waals surface area contributed by atoms with Gasteiger partial charge in [0, 0.05) is 12.6 Å². The topological polar surface area (TPSA) is 65.1 Å². The van der Waals surface area contributed by atoms with Gasteiger partial charge >= 0.3 is 12.1 Å². The maximum absolute atomic E-state index is 13.4. The molecule has 0 aromatic heterocycles. The second-order valence-corrected chi connectivity index (χ2v) is 7.77. The van der Waals surface area contributed by atoms with Crippen LogP contribution in [0.1, 0.15) is 36.6 Å². The van der Waals surface area contributed by atoms with Gasteiger partial charge in [-0.1, -0.05) is 19.9 Å². The van der Waals surface area contributed by atoms with E-state index in [9.17, 15) is 18.4 Å². The van der Waals surface area contributed by atoms with Crippen LogP contribution in [0, 0.1) is 17.6 Å². The molecule has 0 saturated heterocycles. The van der Waals surface area contributed by atoms with E-state index in [1.54, 1.807) is 18.2 Å². The Morgan fingerprint density at radius 1 is 1.13 bits per heavy atom. The molecule has 0 radical (unpaired) electrons. The number of esters is 1. The van der Waals surface area contributed by atoms with Crippen LogP contribution in [-0.2, 0) is 27.3 Å². The lowest BCUT2D eigenvalue weighted by atomic mass is 9.92. The van der Waals surface area contributed by atoms with Crippen molar-refractivity contribution in [1.82, 2.24) is 4.90 Å². The number of hydrogen-bond donors (Lipinski definition) is 0. The van der Waals surface area contributed by atoms with Crippen molar-refractivity contribution >= 4 is 12.1 Å². The SMILES string of the molecule is COC(=O)C1c2ccc(OCc3cc(F)cc(F)c3)cc2CCN1C(=O)OCC(C)C. The van der Waals surface area contributed by atoms with Crippen molar-refractivity contribution in [1.29, 1.82) is 0 Å². The Morgan fingerprint density at radius 2 is 1.84 bits per heavy atom. The van der Waals surface area contributed by atoms with E-state index in [2.05, 4.69) is 0 Å². The minimum absolute atomic E-state index is 0.0124. The van der Waals surface area contributed by atoms with Gasteiger partial charge in [-0.2, -0.15) is 0 Å². The fourth-order valence-corrected chi connectivity index (χ4v) is 3.44. The summed E-state index contributed by atoms with van der Waals surface area (Å²) in [4.78, 5) is 26.4. The molecule has 0 spiro atoms. The second kappa shape index (κ2) is 9.76. The van der Waals surface area contributed by atoms with Gasteiger partial charge in [0.15, 0.2) is 6.04 Å². The van der Waals surface area contributed by atoms with Gasteiger partial charge in [0.05, 0.1) is 13.7 Å². The maximum Gasteiger partial charge on any atom is 0.410 e. The van der Waals surface area contributed by atoms with Gasteiger partial charge in [0.1, 0.15) is 24.0 Å². The number of amides is 1. The predicted molar refractivity (Wildman–Crippen MR) is 108 cm³/mol. The number of methoxy groups -OCH3 is 1. The van der Waals surface area contributed by atoms with Crippen LogP contribution >= 0.6 is 0 Å². The van der Waals surface area contributed by atoms with E-state index in [1.807, 2.05) is 13.8 Å². The Labute approximate surface area is 179 Å². The number of nitrogens with zero attached hydrogens (tertiary/aromatic N) is 1. The Kier molecular flexibility index (Phi) is 7.09. The summed E-state index contributed by atoms with van der Waals surface area (Å²) in [6.45, 7) is 4.37. The fraction of sp³-hybridized carbons (Fsp3) is 0.391. The van der Waals surface area contributed by atoms with Crippen molar-refractivity contribution in [2.75, 3.05) is 20.3 Å². The van der Waals surface area contributed by atoms with Crippen LogP contribution in [0.15, 0.2) is 36.4 Å². The van der Waals surface area contributed by atoms with Crippen molar-refractivity contribution < 1.29 is 32.6 Å². The molecule has 8 heteroatoms. The van der Waals surface area contributed by atoms with E-state index >= 15 is 0 Å². The van der Waals surface area contributed by atoms with E-state index in [4.69, 9.17) is 14.2 Å². The monoisotopic (exact) mass is 433 g/mol. The summed E-state index contributed by atoms with van der Waals surface area (Å²) in [5, 5.41) is 0. The number of halogens is 2. The molecule has 166 valence electrons. The highest BCUT2D eigenvalue weighted by atomic mass is 19.1. The first-order valence-electron chi connectivity index (χ1n) is 10.00. The van der Waals surface area contributed by atoms with Gasteiger partial charge in [0.2, 0.25) is 0 Å². The molecule has 1 heterocycles. The molecule has 3 rings (SSSR count). The summed E-state index contributed by atoms with van der Waals surface area (Å²) in [6.07, 6.45) is -0.0750. The summed E-state index contributed by atoms with van der Waals surface area (Å²) in [7, 11) is 1.27. The third-order valence-corrected chi connectivity index (χ3v) is 4.87. The quantitative estimate of drug-likeness (QED) is 0.632. The number of carbonyl (C=O) groups is 2. The number of hydrogen-bond acceptors (Lipinski definition) is 5. The van der Waals surface area contributed by atoms with Crippen LogP contribution < -0.4 is 4.74 Å². The van der Waals surface area contributed by atoms with Crippen LogP contribution in [0.4, 0.5) is 13.6 Å². The van der Waals surface area contributed by atoms with Crippen molar-refractivity contribution in [2.24, 2.45) is 5.92 Å². The minimum atomic E-state index is -0.917. The molecule has 1 atom stereocenters. The average Bonchev–Trinajstić information content (AvgIpc) is 2.73. The zero-order valence-electron chi connectivity index (χ0n) is 17.7. The zero-order valence-corrected chi connectivity index (χ0v) is 17.7. The Hall–Kier alpha value is -3.16. The van der Waals surface area contributed by atoms with Gasteiger partial charge in [-0.05, 0) is 53.3 Å². The van der Waals surface area contributed by atoms with Crippen LogP contribution in [-0.4, -0.2) is 37.2 Å². The average molecular weight is 433 g/mol. The lowest BCUT2D eigenvalue weighted by Crippen LogP contribution is -2.44. The van der Waals surface area contributed by atoms with Crippen LogP contribution in [0.25, 0.3) is 0 Å². The first-order valence-corrected chi connectivity index (χ1v) is 10.00. The maximum atomic E-state index is 13.4. The molecule has 0 fully saturated rings. The summed E-state index contributed by atoms with van der Waals surface area (Å²) in [5.74, 6) is -1.25. The second-order valence-electron chi connectivity index (χ2n) is 7.77. The molecular formula is C23H25F2NO5. The van der Waals surface area contributed by atoms with Crippen molar-refractivity contribution in [2.45, 2.75) is 32.9 Å². The molecule has 0 aliphatic carbocycles. The van der Waals surface area contributed by atoms with E-state index in [-0.39, 0.29) is 25.7 Å². The highest BCUT2D eigenvalue weighted by molar-refractivity contribution is 5.84. The molecule has 2 aromatic carbocycles. The molecule has 1 aliphatic rings. The molecule has 2 aromatic rings. The molecule has 6 nitrogen and oxygen atoms in total. The minimum Gasteiger partial charge on any atom is -0.489 e. The molecule has 1 aliphatic heterocycles. The fourth-order valence-electron chi connectivity index (χ4n) is 3.44. The highest BCUT2D eigenvalue weighted by Gasteiger charge is 2.37. The first kappa shape index (κ1) is 22.5. The predicted octanol–water partition coefficient (Wildman–Crippen LogP) is 4.41. The van der Waals surface area contributed by atoms with Crippen LogP contribution in [0.5, 0.6) is 5.75 Å². The molecule has 1 amide bonds. The largest absolute Gasteiger partial charge is 0.489 e. The van der Waals surface area contributed by atoms with Gasteiger partial charge < -0.3 is 14.2 Å².